The minimum atomic E-state index is -4.57. The molecule has 1 atom stereocenters. The number of aromatic nitrogens is 2. The standard InChI is InChI=1S/C24H23F3N4O4S2/c1-4-35-20-11-15(24(25,26)27)7-10-17(20)21(32)28-19-12-18(19)14-5-8-16(9-6-14)37(33,34)31-23-30-29-22(36-23)13(2)3/h5-11,13,18H,4,12H2,1-3H3,(H,30,31)/t18-/m0/s1. The maximum atomic E-state index is 13.0. The van der Waals surface area contributed by atoms with E-state index in [4.69, 9.17) is 4.74 Å². The third-order valence-electron chi connectivity index (χ3n) is 5.49. The molecule has 1 N–H and O–H groups in total. The first-order chi connectivity index (χ1) is 17.4. The van der Waals surface area contributed by atoms with Gasteiger partial charge >= 0.3 is 6.18 Å². The van der Waals surface area contributed by atoms with Crippen LogP contribution in [0.15, 0.2) is 52.4 Å². The van der Waals surface area contributed by atoms with Crippen molar-refractivity contribution in [2.75, 3.05) is 11.3 Å². The maximum absolute atomic E-state index is 13.0. The number of hydrogen-bond acceptors (Lipinski definition) is 7. The van der Waals surface area contributed by atoms with Crippen molar-refractivity contribution in [1.29, 1.82) is 0 Å². The summed E-state index contributed by atoms with van der Waals surface area (Å²) in [7, 11) is -3.86. The third kappa shape index (κ3) is 6.16. The summed E-state index contributed by atoms with van der Waals surface area (Å²) >= 11 is 1.17. The van der Waals surface area contributed by atoms with Crippen molar-refractivity contribution in [1.82, 2.24) is 10.2 Å². The Morgan fingerprint density at radius 3 is 2.49 bits per heavy atom. The van der Waals surface area contributed by atoms with Gasteiger partial charge in [-0.25, -0.2) is 13.4 Å². The van der Waals surface area contributed by atoms with Gasteiger partial charge in [0.05, 0.1) is 22.6 Å². The zero-order valence-electron chi connectivity index (χ0n) is 20.0. The fourth-order valence-electron chi connectivity index (χ4n) is 3.49. The van der Waals surface area contributed by atoms with Gasteiger partial charge in [-0.3, -0.25) is 9.52 Å². The monoisotopic (exact) mass is 552 g/mol. The number of hydrogen-bond donors (Lipinski definition) is 1. The fraction of sp³-hybridized carbons (Fsp3) is 0.333. The van der Waals surface area contributed by atoms with Gasteiger partial charge in [-0.15, -0.1) is 10.2 Å². The normalized spacial score (nSPS) is 16.7. The van der Waals surface area contributed by atoms with E-state index >= 15 is 0 Å². The summed E-state index contributed by atoms with van der Waals surface area (Å²) in [6, 6.07) is 8.84. The van der Waals surface area contributed by atoms with Crippen LogP contribution >= 0.6 is 11.3 Å². The predicted molar refractivity (Wildman–Crippen MR) is 133 cm³/mol. The van der Waals surface area contributed by atoms with Crippen LogP contribution in [0.25, 0.3) is 0 Å². The van der Waals surface area contributed by atoms with E-state index in [1.165, 1.54) is 23.5 Å². The average molecular weight is 553 g/mol. The molecule has 1 heterocycles. The molecule has 0 aliphatic heterocycles. The van der Waals surface area contributed by atoms with E-state index in [2.05, 4.69) is 19.9 Å². The number of rotatable bonds is 8. The van der Waals surface area contributed by atoms with Crippen molar-refractivity contribution in [3.63, 3.8) is 0 Å². The summed E-state index contributed by atoms with van der Waals surface area (Å²) in [5, 5.41) is 8.73. The number of carbonyl (C=O) groups excluding carboxylic acids is 1. The molecule has 8 nitrogen and oxygen atoms in total. The van der Waals surface area contributed by atoms with Gasteiger partial charge in [0.15, 0.2) is 0 Å². The number of halogens is 3. The van der Waals surface area contributed by atoms with Gasteiger partial charge in [-0.1, -0.05) is 37.3 Å². The first-order valence-corrected chi connectivity index (χ1v) is 13.6. The van der Waals surface area contributed by atoms with E-state index in [1.807, 2.05) is 13.8 Å². The smallest absolute Gasteiger partial charge is 0.416 e. The molecule has 1 aliphatic rings. The summed E-state index contributed by atoms with van der Waals surface area (Å²) in [6.07, 6.45) is -4.09. The van der Waals surface area contributed by atoms with Gasteiger partial charge in [0, 0.05) is 17.5 Å². The number of alkyl halides is 3. The number of benzene rings is 2. The van der Waals surface area contributed by atoms with E-state index in [9.17, 15) is 26.4 Å². The Hall–Kier alpha value is -3.32. The fourth-order valence-corrected chi connectivity index (χ4v) is 5.46. The number of nitrogens with one attached hydrogen (secondary N) is 1. The Labute approximate surface area is 215 Å². The molecule has 0 radical (unpaired) electrons. The van der Waals surface area contributed by atoms with Crippen molar-refractivity contribution in [2.45, 2.75) is 50.1 Å². The van der Waals surface area contributed by atoms with Crippen molar-refractivity contribution < 1.29 is 31.1 Å². The highest BCUT2D eigenvalue weighted by atomic mass is 32.2. The zero-order chi connectivity index (χ0) is 27.0. The van der Waals surface area contributed by atoms with E-state index < -0.39 is 27.7 Å². The maximum Gasteiger partial charge on any atom is 0.416 e. The van der Waals surface area contributed by atoms with Gasteiger partial charge in [0.2, 0.25) is 5.13 Å². The number of anilines is 1. The van der Waals surface area contributed by atoms with E-state index in [1.54, 1.807) is 19.1 Å². The van der Waals surface area contributed by atoms with Crippen molar-refractivity contribution in [3.8, 4) is 5.75 Å². The quantitative estimate of drug-likeness (QED) is 0.387. The number of carbonyl (C=O) groups is 1. The Morgan fingerprint density at radius 1 is 1.19 bits per heavy atom. The van der Waals surface area contributed by atoms with Crippen LogP contribution in [0.3, 0.4) is 0 Å². The zero-order valence-corrected chi connectivity index (χ0v) is 21.7. The summed E-state index contributed by atoms with van der Waals surface area (Å²) in [6.45, 7) is 5.56. The van der Waals surface area contributed by atoms with Gasteiger partial charge in [0.25, 0.3) is 15.9 Å². The Morgan fingerprint density at radius 2 is 1.89 bits per heavy atom. The van der Waals surface area contributed by atoms with Crippen LogP contribution in [0.5, 0.6) is 5.75 Å². The van der Waals surface area contributed by atoms with Gasteiger partial charge in [-0.2, -0.15) is 13.2 Å². The molecule has 2 aromatic carbocycles. The molecule has 0 spiro atoms. The van der Waals surface area contributed by atoms with Crippen LogP contribution < -0.4 is 9.46 Å². The molecule has 196 valence electrons. The highest BCUT2D eigenvalue weighted by molar-refractivity contribution is 7.93. The van der Waals surface area contributed by atoms with Crippen molar-refractivity contribution >= 4 is 38.1 Å². The number of amides is 1. The first-order valence-electron chi connectivity index (χ1n) is 11.3. The largest absolute Gasteiger partial charge is 0.493 e. The topological polar surface area (TPSA) is 111 Å². The second-order valence-corrected chi connectivity index (χ2v) is 11.3. The lowest BCUT2D eigenvalue weighted by atomic mass is 10.1. The molecular formula is C24H23F3N4O4S2. The predicted octanol–water partition coefficient (Wildman–Crippen LogP) is 5.65. The number of aliphatic imine (C=N–C) groups is 1. The van der Waals surface area contributed by atoms with Crippen LogP contribution in [0, 0.1) is 0 Å². The Kier molecular flexibility index (Phi) is 7.38. The molecule has 3 aromatic rings. The molecule has 37 heavy (non-hydrogen) atoms. The summed E-state index contributed by atoms with van der Waals surface area (Å²) in [5.74, 6) is -0.936. The van der Waals surface area contributed by atoms with Crippen LogP contribution in [0.2, 0.25) is 0 Å². The van der Waals surface area contributed by atoms with Gasteiger partial charge in [-0.05, 0) is 49.2 Å². The van der Waals surface area contributed by atoms with Crippen molar-refractivity contribution in [2.24, 2.45) is 4.99 Å². The Balaban J connectivity index is 1.46. The third-order valence-corrected chi connectivity index (χ3v) is 8.11. The molecule has 1 aliphatic carbocycles. The van der Waals surface area contributed by atoms with Crippen LogP contribution in [-0.4, -0.2) is 36.8 Å². The number of nitrogens with zero attached hydrogens (tertiary/aromatic N) is 3. The van der Waals surface area contributed by atoms with Gasteiger partial charge in [0.1, 0.15) is 10.8 Å². The summed E-state index contributed by atoms with van der Waals surface area (Å²) in [5.41, 5.74) is 0.343. The average Bonchev–Trinajstić information content (AvgIpc) is 3.43. The van der Waals surface area contributed by atoms with Crippen molar-refractivity contribution in [3.05, 3.63) is 64.2 Å². The first kappa shape index (κ1) is 26.7. The lowest BCUT2D eigenvalue weighted by molar-refractivity contribution is -0.137. The van der Waals surface area contributed by atoms with E-state index in [0.29, 0.717) is 17.1 Å². The van der Waals surface area contributed by atoms with E-state index in [-0.39, 0.29) is 39.8 Å². The van der Waals surface area contributed by atoms with Crippen LogP contribution in [0.1, 0.15) is 65.5 Å². The lowest BCUT2D eigenvalue weighted by Gasteiger charge is -2.12. The van der Waals surface area contributed by atoms with Crippen LogP contribution in [0.4, 0.5) is 18.3 Å². The SMILES string of the molecule is CCOc1cc(C(F)(F)F)ccc1C(=O)N=C1C[C@H]1c1ccc(S(=O)(=O)Nc2nnc(C(C)C)s2)cc1. The lowest BCUT2D eigenvalue weighted by Crippen LogP contribution is -2.12. The molecule has 13 heteroatoms. The second-order valence-electron chi connectivity index (χ2n) is 8.58. The molecule has 4 rings (SSSR count). The molecule has 1 aromatic heterocycles. The summed E-state index contributed by atoms with van der Waals surface area (Å²) in [4.78, 5) is 16.8. The molecule has 0 saturated heterocycles. The molecule has 0 unspecified atom stereocenters. The van der Waals surface area contributed by atoms with Crippen LogP contribution in [-0.2, 0) is 16.2 Å². The molecule has 1 fully saturated rings. The minimum absolute atomic E-state index is 0.0406. The minimum Gasteiger partial charge on any atom is -0.493 e. The second kappa shape index (κ2) is 10.2. The number of sulfonamides is 1. The molecule has 1 saturated carbocycles. The molecule has 1 amide bonds. The molecular weight excluding hydrogens is 529 g/mol. The summed E-state index contributed by atoms with van der Waals surface area (Å²) < 4.78 is 72.1. The molecule has 0 bridgehead atoms. The Bertz CT molecular complexity index is 1450. The van der Waals surface area contributed by atoms with E-state index in [0.717, 1.165) is 23.8 Å². The van der Waals surface area contributed by atoms with Gasteiger partial charge < -0.3 is 4.74 Å². The highest BCUT2D eigenvalue weighted by Crippen LogP contribution is 2.39. The highest BCUT2D eigenvalue weighted by Gasteiger charge is 2.36. The number of ether oxygens (including phenoxy) is 1.